The first-order valence-corrected chi connectivity index (χ1v) is 10.0. The van der Waals surface area contributed by atoms with Crippen molar-refractivity contribution < 1.29 is 23.8 Å². The number of hydrogen-bond donors (Lipinski definition) is 1. The van der Waals surface area contributed by atoms with Crippen LogP contribution in [-0.2, 0) is 17.6 Å². The molecule has 0 unspecified atom stereocenters. The van der Waals surface area contributed by atoms with Crippen molar-refractivity contribution in [1.82, 2.24) is 4.98 Å². The monoisotopic (exact) mass is 415 g/mol. The molecular formula is C22H22ClNO5. The van der Waals surface area contributed by atoms with Crippen molar-refractivity contribution >= 4 is 28.7 Å². The molecule has 0 saturated heterocycles. The molecule has 2 aromatic carbocycles. The van der Waals surface area contributed by atoms with E-state index >= 15 is 0 Å². The Bertz CT molecular complexity index is 1040. The molecule has 6 nitrogen and oxygen atoms in total. The molecule has 1 heterocycles. The van der Waals surface area contributed by atoms with Crippen molar-refractivity contribution in [3.8, 4) is 11.5 Å². The first kappa shape index (κ1) is 19.6. The molecule has 1 saturated carbocycles. The van der Waals surface area contributed by atoms with E-state index in [0.29, 0.717) is 39.7 Å². The highest BCUT2D eigenvalue weighted by Gasteiger charge is 2.19. The van der Waals surface area contributed by atoms with Crippen molar-refractivity contribution in [1.29, 1.82) is 0 Å². The third-order valence-corrected chi connectivity index (χ3v) is 5.32. The van der Waals surface area contributed by atoms with E-state index in [0.717, 1.165) is 24.2 Å². The number of aliphatic carboxylic acids is 1. The lowest BCUT2D eigenvalue weighted by atomic mass is 10.1. The molecular weight excluding hydrogens is 394 g/mol. The highest BCUT2D eigenvalue weighted by atomic mass is 35.5. The van der Waals surface area contributed by atoms with Gasteiger partial charge in [-0.15, -0.1) is 0 Å². The van der Waals surface area contributed by atoms with E-state index in [4.69, 9.17) is 30.6 Å². The Kier molecular flexibility index (Phi) is 5.62. The third kappa shape index (κ3) is 4.48. The zero-order chi connectivity index (χ0) is 20.4. The van der Waals surface area contributed by atoms with Crippen LogP contribution in [0.25, 0.3) is 11.1 Å². The molecule has 3 aromatic rings. The Morgan fingerprint density at radius 3 is 2.76 bits per heavy atom. The van der Waals surface area contributed by atoms with E-state index in [9.17, 15) is 4.79 Å². The number of carbonyl (C=O) groups is 1. The smallest absolute Gasteiger partial charge is 0.307 e. The first-order chi connectivity index (χ1) is 14.0. The number of carboxylic acid groups (broad SMARTS) is 1. The molecule has 0 bridgehead atoms. The van der Waals surface area contributed by atoms with Crippen molar-refractivity contribution in [2.45, 2.75) is 44.6 Å². The van der Waals surface area contributed by atoms with Crippen molar-refractivity contribution in [3.63, 3.8) is 0 Å². The number of rotatable bonds is 7. The van der Waals surface area contributed by atoms with Gasteiger partial charge in [-0.2, -0.15) is 0 Å². The average molecular weight is 416 g/mol. The van der Waals surface area contributed by atoms with E-state index in [1.807, 2.05) is 18.2 Å². The average Bonchev–Trinajstić information content (AvgIpc) is 3.31. The lowest BCUT2D eigenvalue weighted by Gasteiger charge is -2.16. The summed E-state index contributed by atoms with van der Waals surface area (Å²) in [4.78, 5) is 15.6. The predicted molar refractivity (Wildman–Crippen MR) is 109 cm³/mol. The van der Waals surface area contributed by atoms with Crippen LogP contribution < -0.4 is 9.47 Å². The van der Waals surface area contributed by atoms with Gasteiger partial charge in [-0.25, -0.2) is 4.98 Å². The normalized spacial score (nSPS) is 14.4. The molecule has 7 heteroatoms. The number of fused-ring (bicyclic) bond motifs is 1. The van der Waals surface area contributed by atoms with E-state index in [-0.39, 0.29) is 12.5 Å². The van der Waals surface area contributed by atoms with Crippen LogP contribution in [-0.4, -0.2) is 29.3 Å². The number of hydrogen-bond acceptors (Lipinski definition) is 5. The SMILES string of the molecule is COc1ccc(Cc2nc3cc(Cl)cc(CC(=O)O)c3o2)cc1OC1CCCC1. The second-order valence-electron chi connectivity index (χ2n) is 7.28. The maximum absolute atomic E-state index is 11.1. The van der Waals surface area contributed by atoms with Gasteiger partial charge in [-0.3, -0.25) is 4.79 Å². The minimum atomic E-state index is -0.949. The molecule has 1 N–H and O–H groups in total. The molecule has 0 radical (unpaired) electrons. The molecule has 1 fully saturated rings. The van der Waals surface area contributed by atoms with Crippen molar-refractivity contribution in [3.05, 3.63) is 52.4 Å². The molecule has 0 aliphatic heterocycles. The fourth-order valence-electron chi connectivity index (χ4n) is 3.76. The van der Waals surface area contributed by atoms with Crippen molar-refractivity contribution in [2.24, 2.45) is 0 Å². The number of methoxy groups -OCH3 is 1. The Hall–Kier alpha value is -2.73. The fraction of sp³-hybridized carbons (Fsp3) is 0.364. The highest BCUT2D eigenvalue weighted by Crippen LogP contribution is 2.33. The summed E-state index contributed by atoms with van der Waals surface area (Å²) in [6, 6.07) is 9.07. The number of ether oxygens (including phenoxy) is 2. The highest BCUT2D eigenvalue weighted by molar-refractivity contribution is 6.31. The molecule has 1 aliphatic carbocycles. The van der Waals surface area contributed by atoms with E-state index in [1.165, 1.54) is 12.8 Å². The topological polar surface area (TPSA) is 81.8 Å². The van der Waals surface area contributed by atoms with Crippen LogP contribution in [0.5, 0.6) is 11.5 Å². The van der Waals surface area contributed by atoms with Gasteiger partial charge < -0.3 is 19.0 Å². The van der Waals surface area contributed by atoms with Crippen LogP contribution in [0.2, 0.25) is 5.02 Å². The summed E-state index contributed by atoms with van der Waals surface area (Å²) in [5.41, 5.74) is 2.50. The number of aromatic nitrogens is 1. The molecule has 0 atom stereocenters. The number of benzene rings is 2. The number of nitrogens with zero attached hydrogens (tertiary/aromatic N) is 1. The van der Waals surface area contributed by atoms with Gasteiger partial charge in [0.1, 0.15) is 5.52 Å². The standard InChI is InChI=1S/C22H22ClNO5/c1-27-18-7-6-13(8-19(18)28-16-4-2-3-5-16)9-20-24-17-12-15(23)10-14(11-21(25)26)22(17)29-20/h6-8,10,12,16H,2-5,9,11H2,1H3,(H,25,26). The molecule has 0 spiro atoms. The second kappa shape index (κ2) is 8.33. The molecule has 0 amide bonds. The molecule has 4 rings (SSSR count). The number of halogens is 1. The maximum atomic E-state index is 11.1. The van der Waals surface area contributed by atoms with Gasteiger partial charge in [0.2, 0.25) is 0 Å². The summed E-state index contributed by atoms with van der Waals surface area (Å²) in [6.07, 6.45) is 5.01. The summed E-state index contributed by atoms with van der Waals surface area (Å²) < 4.78 is 17.5. The lowest BCUT2D eigenvalue weighted by molar-refractivity contribution is -0.136. The van der Waals surface area contributed by atoms with Gasteiger partial charge in [0.15, 0.2) is 23.0 Å². The van der Waals surface area contributed by atoms with Crippen LogP contribution in [0.15, 0.2) is 34.7 Å². The predicted octanol–water partition coefficient (Wildman–Crippen LogP) is 5.03. The Morgan fingerprint density at radius 1 is 1.24 bits per heavy atom. The molecule has 29 heavy (non-hydrogen) atoms. The maximum Gasteiger partial charge on any atom is 0.307 e. The molecule has 1 aliphatic rings. The lowest BCUT2D eigenvalue weighted by Crippen LogP contribution is -2.11. The van der Waals surface area contributed by atoms with Gasteiger partial charge in [-0.1, -0.05) is 17.7 Å². The zero-order valence-electron chi connectivity index (χ0n) is 16.1. The molecule has 1 aromatic heterocycles. The summed E-state index contributed by atoms with van der Waals surface area (Å²) in [5, 5.41) is 9.56. The third-order valence-electron chi connectivity index (χ3n) is 5.10. The summed E-state index contributed by atoms with van der Waals surface area (Å²) in [6.45, 7) is 0. The Labute approximate surface area is 173 Å². The van der Waals surface area contributed by atoms with Crippen LogP contribution in [0.3, 0.4) is 0 Å². The number of carboxylic acids is 1. The van der Waals surface area contributed by atoms with Crippen molar-refractivity contribution in [2.75, 3.05) is 7.11 Å². The van der Waals surface area contributed by atoms with Gasteiger partial charge in [0.05, 0.1) is 19.6 Å². The largest absolute Gasteiger partial charge is 0.493 e. The van der Waals surface area contributed by atoms with E-state index < -0.39 is 5.97 Å². The van der Waals surface area contributed by atoms with Gasteiger partial charge in [-0.05, 0) is 55.5 Å². The van der Waals surface area contributed by atoms with Crippen LogP contribution in [0.4, 0.5) is 0 Å². The summed E-state index contributed by atoms with van der Waals surface area (Å²) in [5.74, 6) is 0.970. The van der Waals surface area contributed by atoms with Crippen LogP contribution in [0.1, 0.15) is 42.7 Å². The van der Waals surface area contributed by atoms with Crippen LogP contribution in [0, 0.1) is 0 Å². The van der Waals surface area contributed by atoms with Crippen LogP contribution >= 0.6 is 11.6 Å². The van der Waals surface area contributed by atoms with E-state index in [2.05, 4.69) is 4.98 Å². The minimum Gasteiger partial charge on any atom is -0.493 e. The Morgan fingerprint density at radius 2 is 2.03 bits per heavy atom. The Balaban J connectivity index is 1.61. The van der Waals surface area contributed by atoms with Gasteiger partial charge in [0.25, 0.3) is 0 Å². The minimum absolute atomic E-state index is 0.173. The first-order valence-electron chi connectivity index (χ1n) is 9.65. The van der Waals surface area contributed by atoms with Gasteiger partial charge in [0, 0.05) is 17.0 Å². The zero-order valence-corrected chi connectivity index (χ0v) is 16.9. The number of oxazole rings is 1. The van der Waals surface area contributed by atoms with Gasteiger partial charge >= 0.3 is 5.97 Å². The summed E-state index contributed by atoms with van der Waals surface area (Å²) in [7, 11) is 1.63. The molecule has 152 valence electrons. The summed E-state index contributed by atoms with van der Waals surface area (Å²) >= 11 is 6.11. The fourth-order valence-corrected chi connectivity index (χ4v) is 4.00. The van der Waals surface area contributed by atoms with E-state index in [1.54, 1.807) is 19.2 Å². The second-order valence-corrected chi connectivity index (χ2v) is 7.71. The quantitative estimate of drug-likeness (QED) is 0.582.